The fourth-order valence-electron chi connectivity index (χ4n) is 2.97. The Bertz CT molecular complexity index is 822. The maximum Gasteiger partial charge on any atom is 0.123 e. The van der Waals surface area contributed by atoms with Crippen molar-refractivity contribution in [2.75, 3.05) is 10.6 Å². The Balaban J connectivity index is 1.78. The summed E-state index contributed by atoms with van der Waals surface area (Å²) in [5.74, 6) is 0. The summed E-state index contributed by atoms with van der Waals surface area (Å²) in [5.41, 5.74) is 4.70. The predicted molar refractivity (Wildman–Crippen MR) is 103 cm³/mol. The molecule has 1 aliphatic rings. The van der Waals surface area contributed by atoms with E-state index in [-0.39, 0.29) is 6.17 Å². The van der Waals surface area contributed by atoms with Gasteiger partial charge in [0.05, 0.1) is 0 Å². The van der Waals surface area contributed by atoms with Gasteiger partial charge in [0.2, 0.25) is 0 Å². The first kappa shape index (κ1) is 14.2. The van der Waals surface area contributed by atoms with Crippen LogP contribution in [0.5, 0.6) is 0 Å². The molecule has 1 aliphatic heterocycles. The highest BCUT2D eigenvalue weighted by molar-refractivity contribution is 14.1. The molecule has 0 fully saturated rings. The summed E-state index contributed by atoms with van der Waals surface area (Å²) in [7, 11) is 0. The van der Waals surface area contributed by atoms with Crippen molar-refractivity contribution < 1.29 is 0 Å². The molecule has 1 heterocycles. The van der Waals surface area contributed by atoms with Gasteiger partial charge >= 0.3 is 0 Å². The van der Waals surface area contributed by atoms with Crippen molar-refractivity contribution in [2.45, 2.75) is 10.6 Å². The average molecular weight is 421 g/mol. The van der Waals surface area contributed by atoms with E-state index in [1.54, 1.807) is 0 Å². The zero-order valence-corrected chi connectivity index (χ0v) is 14.6. The van der Waals surface area contributed by atoms with Crippen LogP contribution in [-0.4, -0.2) is 0 Å². The monoisotopic (exact) mass is 420 g/mol. The van der Waals surface area contributed by atoms with Crippen molar-refractivity contribution in [3.8, 4) is 0 Å². The Labute approximate surface area is 148 Å². The molecule has 0 aliphatic carbocycles. The molecule has 0 atom stereocenters. The Morgan fingerprint density at radius 1 is 0.955 bits per heavy atom. The highest BCUT2D eigenvalue weighted by atomic mass is 127. The average Bonchev–Trinajstić information content (AvgIpc) is 2.56. The van der Waals surface area contributed by atoms with Gasteiger partial charge in [0.25, 0.3) is 0 Å². The van der Waals surface area contributed by atoms with Crippen molar-refractivity contribution in [3.05, 3.63) is 70.7 Å². The molecule has 3 aromatic carbocycles. The molecular weight excluding hydrogens is 407 g/mol. The van der Waals surface area contributed by atoms with Gasteiger partial charge in [-0.1, -0.05) is 64.5 Å². The van der Waals surface area contributed by atoms with Crippen molar-refractivity contribution in [1.29, 1.82) is 0 Å². The highest BCUT2D eigenvalue weighted by Crippen LogP contribution is 2.38. The lowest BCUT2D eigenvalue weighted by atomic mass is 10.0. The van der Waals surface area contributed by atoms with Crippen LogP contribution >= 0.6 is 34.2 Å². The maximum absolute atomic E-state index is 6.24. The number of hydrogen-bond acceptors (Lipinski definition) is 2. The lowest BCUT2D eigenvalue weighted by molar-refractivity contribution is 0.895. The summed E-state index contributed by atoms with van der Waals surface area (Å²) in [5, 5.41) is 10.5. The molecule has 0 saturated heterocycles. The van der Waals surface area contributed by atoms with Crippen LogP contribution in [0.25, 0.3) is 10.8 Å². The molecule has 4 rings (SSSR count). The summed E-state index contributed by atoms with van der Waals surface area (Å²) in [6.07, 6.45) is 0.0551. The normalized spacial score (nSPS) is 13.7. The molecule has 0 saturated carbocycles. The van der Waals surface area contributed by atoms with Gasteiger partial charge in [-0.15, -0.1) is 0 Å². The second-order valence-electron chi connectivity index (χ2n) is 5.42. The molecule has 110 valence electrons. The molecule has 22 heavy (non-hydrogen) atoms. The lowest BCUT2D eigenvalue weighted by Gasteiger charge is -2.30. The first-order valence-electron chi connectivity index (χ1n) is 7.15. The van der Waals surface area contributed by atoms with Gasteiger partial charge in [-0.25, -0.2) is 0 Å². The third-order valence-corrected chi connectivity index (χ3v) is 5.24. The number of benzene rings is 3. The first-order chi connectivity index (χ1) is 10.8. The van der Waals surface area contributed by atoms with Gasteiger partial charge < -0.3 is 10.6 Å². The van der Waals surface area contributed by atoms with E-state index < -0.39 is 0 Å². The minimum atomic E-state index is 0.0551. The Hall–Kier alpha value is -1.46. The lowest BCUT2D eigenvalue weighted by Crippen LogP contribution is -2.23. The summed E-state index contributed by atoms with van der Waals surface area (Å²) >= 11 is 8.58. The van der Waals surface area contributed by atoms with Crippen molar-refractivity contribution in [3.63, 3.8) is 0 Å². The molecule has 0 aromatic heterocycles. The Kier molecular flexibility index (Phi) is 3.62. The summed E-state index contributed by atoms with van der Waals surface area (Å²) in [6, 6.07) is 19.0. The number of anilines is 2. The first-order valence-corrected chi connectivity index (χ1v) is 9.06. The van der Waals surface area contributed by atoms with Crippen LogP contribution in [0.3, 0.4) is 0 Å². The predicted octanol–water partition coefficient (Wildman–Crippen LogP) is 5.96. The zero-order valence-electron chi connectivity index (χ0n) is 11.7. The molecule has 3 aromatic rings. The Morgan fingerprint density at radius 2 is 1.64 bits per heavy atom. The molecule has 0 radical (unpaired) electrons. The van der Waals surface area contributed by atoms with Crippen molar-refractivity contribution in [1.82, 2.24) is 0 Å². The minimum absolute atomic E-state index is 0.0551. The second-order valence-corrected chi connectivity index (χ2v) is 6.59. The number of nitrogens with one attached hydrogen (secondary N) is 2. The number of rotatable bonds is 2. The van der Waals surface area contributed by atoms with Gasteiger partial charge in [-0.05, 0) is 40.8 Å². The second kappa shape index (κ2) is 5.63. The van der Waals surface area contributed by atoms with Crippen LogP contribution in [0.2, 0.25) is 5.02 Å². The fourth-order valence-corrected chi connectivity index (χ4v) is 4.01. The summed E-state index contributed by atoms with van der Waals surface area (Å²) in [6.45, 7) is 0. The quantitative estimate of drug-likeness (QED) is 0.394. The van der Waals surface area contributed by atoms with Gasteiger partial charge in [-0.3, -0.25) is 0 Å². The van der Waals surface area contributed by atoms with E-state index in [1.807, 2.05) is 6.07 Å². The van der Waals surface area contributed by atoms with Gasteiger partial charge in [0.15, 0.2) is 0 Å². The minimum Gasteiger partial charge on any atom is -0.361 e. The summed E-state index contributed by atoms with van der Waals surface area (Å²) < 4.78 is 0.906. The molecule has 0 unspecified atom stereocenters. The molecule has 2 nitrogen and oxygen atoms in total. The number of hydrogen-bond donors (Lipinski definition) is 2. The number of alkyl halides is 1. The van der Waals surface area contributed by atoms with Crippen LogP contribution < -0.4 is 10.6 Å². The summed E-state index contributed by atoms with van der Waals surface area (Å²) in [4.78, 5) is 0. The van der Waals surface area contributed by atoms with E-state index in [4.69, 9.17) is 11.6 Å². The van der Waals surface area contributed by atoms with E-state index in [2.05, 4.69) is 81.8 Å². The number of halogens is 2. The third kappa shape index (κ3) is 2.32. The Morgan fingerprint density at radius 3 is 2.27 bits per heavy atom. The third-order valence-electron chi connectivity index (χ3n) is 4.05. The largest absolute Gasteiger partial charge is 0.361 e. The van der Waals surface area contributed by atoms with Gasteiger partial charge in [0, 0.05) is 26.2 Å². The van der Waals surface area contributed by atoms with Gasteiger partial charge in [0.1, 0.15) is 6.17 Å². The zero-order chi connectivity index (χ0) is 15.1. The SMILES string of the molecule is Clc1ccc(C2Nc3cccc4cccc(c34)N2)cc1CI. The van der Waals surface area contributed by atoms with Crippen molar-refractivity contribution in [2.24, 2.45) is 0 Å². The van der Waals surface area contributed by atoms with E-state index in [9.17, 15) is 0 Å². The van der Waals surface area contributed by atoms with Crippen LogP contribution in [0.1, 0.15) is 17.3 Å². The van der Waals surface area contributed by atoms with E-state index in [0.717, 1.165) is 9.45 Å². The molecule has 0 amide bonds. The topological polar surface area (TPSA) is 24.1 Å². The van der Waals surface area contributed by atoms with Crippen LogP contribution in [0.4, 0.5) is 11.4 Å². The van der Waals surface area contributed by atoms with E-state index in [0.29, 0.717) is 0 Å². The molecule has 2 N–H and O–H groups in total. The van der Waals surface area contributed by atoms with Crippen molar-refractivity contribution >= 4 is 56.3 Å². The molecular formula is C18H14ClIN2. The van der Waals surface area contributed by atoms with Crippen LogP contribution in [-0.2, 0) is 4.43 Å². The van der Waals surface area contributed by atoms with Gasteiger partial charge in [-0.2, -0.15) is 0 Å². The molecule has 4 heteroatoms. The van der Waals surface area contributed by atoms with Crippen LogP contribution in [0.15, 0.2) is 54.6 Å². The molecule has 0 bridgehead atoms. The van der Waals surface area contributed by atoms with E-state index >= 15 is 0 Å². The van der Waals surface area contributed by atoms with E-state index in [1.165, 1.54) is 33.3 Å². The standard InChI is InChI=1S/C18H14ClIN2/c19-14-8-7-12(9-13(14)10-20)18-21-15-5-1-3-11-4-2-6-16(22-18)17(11)15/h1-9,18,21-22H,10H2. The fraction of sp³-hybridized carbons (Fsp3) is 0.111. The smallest absolute Gasteiger partial charge is 0.123 e. The molecule has 0 spiro atoms. The van der Waals surface area contributed by atoms with Crippen LogP contribution in [0, 0.1) is 0 Å². The highest BCUT2D eigenvalue weighted by Gasteiger charge is 2.20. The maximum atomic E-state index is 6.24.